The van der Waals surface area contributed by atoms with E-state index in [2.05, 4.69) is 241 Å². The van der Waals surface area contributed by atoms with E-state index in [0.29, 0.717) is 0 Å². The van der Waals surface area contributed by atoms with Gasteiger partial charge in [-0.05, 0) is 127 Å². The molecule has 0 saturated carbocycles. The van der Waals surface area contributed by atoms with Crippen LogP contribution in [0.5, 0.6) is 23.0 Å². The van der Waals surface area contributed by atoms with E-state index in [1.54, 1.807) is 0 Å². The van der Waals surface area contributed by atoms with Crippen molar-refractivity contribution in [1.29, 1.82) is 0 Å². The summed E-state index contributed by atoms with van der Waals surface area (Å²) in [5.41, 5.74) is 16.7. The number of anilines is 3. The molecule has 0 unspecified atom stereocenters. The van der Waals surface area contributed by atoms with Crippen LogP contribution in [0.2, 0.25) is 0 Å². The Morgan fingerprint density at radius 1 is 0.254 bits per heavy atom. The molecule has 2 aliphatic heterocycles. The molecule has 0 fully saturated rings. The van der Waals surface area contributed by atoms with E-state index in [9.17, 15) is 0 Å². The van der Waals surface area contributed by atoms with Crippen molar-refractivity contribution >= 4 is 38.6 Å². The van der Waals surface area contributed by atoms with E-state index in [1.165, 1.54) is 66.1 Å². The largest absolute Gasteiger partial charge is 0.457 e. The van der Waals surface area contributed by atoms with Gasteiger partial charge in [0.05, 0.1) is 10.8 Å². The average Bonchev–Trinajstić information content (AvgIpc) is 3.84. The monoisotopic (exact) mass is 853 g/mol. The summed E-state index contributed by atoms with van der Waals surface area (Å²) in [5.74, 6) is 3.55. The number of fused-ring (bicyclic) bond motifs is 21. The van der Waals surface area contributed by atoms with E-state index < -0.39 is 10.8 Å². The lowest BCUT2D eigenvalue weighted by atomic mass is 9.66. The molecule has 15 rings (SSSR count). The van der Waals surface area contributed by atoms with Gasteiger partial charge < -0.3 is 14.4 Å². The maximum atomic E-state index is 6.73. The van der Waals surface area contributed by atoms with Gasteiger partial charge in [0.15, 0.2) is 0 Å². The van der Waals surface area contributed by atoms with E-state index in [0.717, 1.165) is 62.3 Å². The molecule has 0 saturated heterocycles. The van der Waals surface area contributed by atoms with Gasteiger partial charge in [0, 0.05) is 39.3 Å². The third-order valence-corrected chi connectivity index (χ3v) is 15.2. The summed E-state index contributed by atoms with van der Waals surface area (Å²) in [6.07, 6.45) is 0. The van der Waals surface area contributed by atoms with Crippen molar-refractivity contribution < 1.29 is 9.47 Å². The van der Waals surface area contributed by atoms with Crippen molar-refractivity contribution in [3.8, 4) is 45.3 Å². The molecule has 0 amide bonds. The molecular formula is C64H39NO2. The standard InChI is InChI=1S/C64H39NO2/c1-2-16-45-40(15-1)29-30-41-37-42(31-34-46(41)45)65(43-33-36-53-50(38-43)48-18-4-6-20-52(48)63(53)54-21-7-11-25-59(54)66-60-26-12-8-22-55(60)63)44-32-35-49-47-17-3-5-19-51(47)64(58(49)39-44)56-23-9-13-27-61(56)67-62-28-14-10-24-57(62)64/h1-39H. The second kappa shape index (κ2) is 13.4. The Hall–Kier alpha value is -8.66. The van der Waals surface area contributed by atoms with Crippen molar-refractivity contribution in [2.24, 2.45) is 0 Å². The second-order valence-electron chi connectivity index (χ2n) is 18.3. The van der Waals surface area contributed by atoms with Crippen LogP contribution in [0.4, 0.5) is 17.1 Å². The van der Waals surface area contributed by atoms with Crippen LogP contribution in [0.3, 0.4) is 0 Å². The maximum Gasteiger partial charge on any atom is 0.132 e. The van der Waals surface area contributed by atoms with E-state index in [4.69, 9.17) is 9.47 Å². The van der Waals surface area contributed by atoms with Crippen LogP contribution in [0, 0.1) is 0 Å². The molecule has 2 aliphatic carbocycles. The number of nitrogens with zero attached hydrogens (tertiary/aromatic N) is 1. The normalized spacial score (nSPS) is 14.4. The Kier molecular flexibility index (Phi) is 7.36. The van der Waals surface area contributed by atoms with Gasteiger partial charge in [-0.2, -0.15) is 0 Å². The van der Waals surface area contributed by atoms with Gasteiger partial charge in [0.25, 0.3) is 0 Å². The Balaban J connectivity index is 1.01. The van der Waals surface area contributed by atoms with Crippen LogP contribution in [0.15, 0.2) is 237 Å². The van der Waals surface area contributed by atoms with Gasteiger partial charge in [-0.3, -0.25) is 0 Å². The summed E-state index contributed by atoms with van der Waals surface area (Å²) in [4.78, 5) is 2.47. The summed E-state index contributed by atoms with van der Waals surface area (Å²) >= 11 is 0. The van der Waals surface area contributed by atoms with Gasteiger partial charge >= 0.3 is 0 Å². The quantitative estimate of drug-likeness (QED) is 0.165. The van der Waals surface area contributed by atoms with Gasteiger partial charge in [-0.25, -0.2) is 0 Å². The molecule has 0 atom stereocenters. The molecule has 312 valence electrons. The first-order chi connectivity index (χ1) is 33.2. The number of para-hydroxylation sites is 4. The second-order valence-corrected chi connectivity index (χ2v) is 18.3. The van der Waals surface area contributed by atoms with Crippen LogP contribution in [0.1, 0.15) is 44.5 Å². The predicted molar refractivity (Wildman–Crippen MR) is 271 cm³/mol. The molecule has 11 aromatic carbocycles. The van der Waals surface area contributed by atoms with Gasteiger partial charge in [0.1, 0.15) is 23.0 Å². The van der Waals surface area contributed by atoms with E-state index in [1.807, 2.05) is 0 Å². The molecule has 0 aromatic heterocycles. The van der Waals surface area contributed by atoms with Crippen molar-refractivity contribution in [1.82, 2.24) is 0 Å². The highest BCUT2D eigenvalue weighted by molar-refractivity contribution is 6.09. The number of benzene rings is 11. The molecule has 67 heavy (non-hydrogen) atoms. The van der Waals surface area contributed by atoms with Gasteiger partial charge in [-0.15, -0.1) is 0 Å². The molecule has 2 spiro atoms. The Morgan fingerprint density at radius 3 is 1.28 bits per heavy atom. The van der Waals surface area contributed by atoms with Gasteiger partial charge in [-0.1, -0.05) is 176 Å². The van der Waals surface area contributed by atoms with Crippen molar-refractivity contribution in [2.45, 2.75) is 10.8 Å². The first-order valence-corrected chi connectivity index (χ1v) is 23.2. The molecule has 3 heteroatoms. The first kappa shape index (κ1) is 36.7. The van der Waals surface area contributed by atoms with Crippen LogP contribution < -0.4 is 14.4 Å². The van der Waals surface area contributed by atoms with Crippen LogP contribution >= 0.6 is 0 Å². The third-order valence-electron chi connectivity index (χ3n) is 15.2. The fourth-order valence-corrected chi connectivity index (χ4v) is 12.6. The van der Waals surface area contributed by atoms with Crippen molar-refractivity contribution in [3.63, 3.8) is 0 Å². The maximum absolute atomic E-state index is 6.73. The lowest BCUT2D eigenvalue weighted by molar-refractivity contribution is 0.436. The smallest absolute Gasteiger partial charge is 0.132 e. The Bertz CT molecular complexity index is 3830. The number of rotatable bonds is 3. The zero-order valence-corrected chi connectivity index (χ0v) is 36.3. The number of ether oxygens (including phenoxy) is 2. The number of hydrogen-bond donors (Lipinski definition) is 0. The molecule has 2 heterocycles. The molecule has 3 nitrogen and oxygen atoms in total. The topological polar surface area (TPSA) is 21.7 Å². The van der Waals surface area contributed by atoms with Crippen LogP contribution in [-0.4, -0.2) is 0 Å². The zero-order chi connectivity index (χ0) is 43.8. The molecule has 0 bridgehead atoms. The van der Waals surface area contributed by atoms with Crippen molar-refractivity contribution in [3.05, 3.63) is 281 Å². The van der Waals surface area contributed by atoms with Crippen LogP contribution in [0.25, 0.3) is 43.8 Å². The minimum absolute atomic E-state index is 0.555. The van der Waals surface area contributed by atoms with E-state index >= 15 is 0 Å². The Labute approximate surface area is 388 Å². The summed E-state index contributed by atoms with van der Waals surface area (Å²) in [5, 5.41) is 4.92. The minimum atomic E-state index is -0.603. The highest BCUT2D eigenvalue weighted by Crippen LogP contribution is 2.65. The van der Waals surface area contributed by atoms with E-state index in [-0.39, 0.29) is 0 Å². The first-order valence-electron chi connectivity index (χ1n) is 23.2. The summed E-state index contributed by atoms with van der Waals surface area (Å²) in [6.45, 7) is 0. The minimum Gasteiger partial charge on any atom is -0.457 e. The summed E-state index contributed by atoms with van der Waals surface area (Å²) < 4.78 is 13.4. The fourth-order valence-electron chi connectivity index (χ4n) is 12.6. The summed E-state index contributed by atoms with van der Waals surface area (Å²) in [7, 11) is 0. The molecule has 0 radical (unpaired) electrons. The molecule has 11 aromatic rings. The highest BCUT2D eigenvalue weighted by atomic mass is 16.5. The average molecular weight is 854 g/mol. The molecular weight excluding hydrogens is 815 g/mol. The fraction of sp³-hybridized carbons (Fsp3) is 0.0312. The van der Waals surface area contributed by atoms with Crippen LogP contribution in [-0.2, 0) is 10.8 Å². The lowest BCUT2D eigenvalue weighted by Crippen LogP contribution is -2.32. The Morgan fingerprint density at radius 2 is 0.657 bits per heavy atom. The van der Waals surface area contributed by atoms with Crippen molar-refractivity contribution in [2.75, 3.05) is 4.90 Å². The highest BCUT2D eigenvalue weighted by Gasteiger charge is 2.53. The third kappa shape index (κ3) is 4.75. The zero-order valence-electron chi connectivity index (χ0n) is 36.3. The lowest BCUT2D eigenvalue weighted by Gasteiger charge is -2.40. The summed E-state index contributed by atoms with van der Waals surface area (Å²) in [6, 6.07) is 86.8. The van der Waals surface area contributed by atoms with Gasteiger partial charge in [0.2, 0.25) is 0 Å². The molecule has 0 N–H and O–H groups in total. The predicted octanol–water partition coefficient (Wildman–Crippen LogP) is 16.4. The SMILES string of the molecule is c1ccc2c(c1)Oc1ccccc1C21c2ccccc2-c2cc(N(c3ccc4c(c3)C3(c5ccccc5Oc5ccccc53)c3ccccc3-4)c3ccc4c(ccc5ccccc54)c3)ccc21. The number of hydrogen-bond acceptors (Lipinski definition) is 3. The molecule has 4 aliphatic rings.